The first kappa shape index (κ1) is 18.5. The predicted octanol–water partition coefficient (Wildman–Crippen LogP) is 4.80. The number of amides is 1. The fraction of sp³-hybridized carbons (Fsp3) is 0.0909. The van der Waals surface area contributed by atoms with Crippen LogP contribution in [-0.4, -0.2) is 17.6 Å². The van der Waals surface area contributed by atoms with Crippen molar-refractivity contribution in [1.29, 1.82) is 0 Å². The third kappa shape index (κ3) is 4.01. The Balaban J connectivity index is 1.34. The van der Waals surface area contributed by atoms with Crippen LogP contribution in [0.3, 0.4) is 0 Å². The molecule has 3 aromatic carbocycles. The minimum Gasteiger partial charge on any atom is -0.482 e. The van der Waals surface area contributed by atoms with Crippen molar-refractivity contribution >= 4 is 40.5 Å². The number of carbonyl (C=O) groups excluding carboxylic acids is 1. The van der Waals surface area contributed by atoms with Gasteiger partial charge in [0.15, 0.2) is 11.7 Å². The van der Waals surface area contributed by atoms with Gasteiger partial charge in [-0.05, 0) is 65.2 Å². The second kappa shape index (κ2) is 8.00. The molecular formula is C22H17ClN2O2S. The normalized spacial score (nSPS) is 11.3. The van der Waals surface area contributed by atoms with Crippen molar-refractivity contribution in [3.8, 4) is 16.9 Å². The van der Waals surface area contributed by atoms with Gasteiger partial charge in [0.1, 0.15) is 5.75 Å². The second-order valence-corrected chi connectivity index (χ2v) is 7.24. The van der Waals surface area contributed by atoms with Gasteiger partial charge in [-0.2, -0.15) is 0 Å². The third-order valence-electron chi connectivity index (χ3n) is 4.50. The summed E-state index contributed by atoms with van der Waals surface area (Å²) in [6.07, 6.45) is 0.895. The van der Waals surface area contributed by atoms with Gasteiger partial charge in [-0.25, -0.2) is 0 Å². The molecule has 0 unspecified atom stereocenters. The van der Waals surface area contributed by atoms with E-state index in [1.54, 1.807) is 24.3 Å². The molecule has 0 heterocycles. The molecule has 6 heteroatoms. The van der Waals surface area contributed by atoms with Crippen molar-refractivity contribution in [2.45, 2.75) is 6.42 Å². The molecule has 0 radical (unpaired) electrons. The van der Waals surface area contributed by atoms with Crippen molar-refractivity contribution in [2.24, 2.45) is 0 Å². The number of anilines is 1. The molecule has 0 fully saturated rings. The Kier molecular flexibility index (Phi) is 5.28. The number of carbonyl (C=O) groups is 1. The summed E-state index contributed by atoms with van der Waals surface area (Å²) in [5.41, 5.74) is 5.91. The van der Waals surface area contributed by atoms with E-state index in [-0.39, 0.29) is 17.6 Å². The molecule has 1 aliphatic rings. The SMILES string of the molecule is O=C(COc1ccccc1Cl)NC(=S)Nc1ccc2c(c1)Cc1ccccc1-2. The molecule has 0 spiro atoms. The highest BCUT2D eigenvalue weighted by atomic mass is 35.5. The average molecular weight is 409 g/mol. The minimum absolute atomic E-state index is 0.176. The first-order valence-electron chi connectivity index (χ1n) is 8.79. The Morgan fingerprint density at radius 1 is 1.00 bits per heavy atom. The fourth-order valence-corrected chi connectivity index (χ4v) is 3.67. The zero-order valence-electron chi connectivity index (χ0n) is 14.9. The Morgan fingerprint density at radius 2 is 1.75 bits per heavy atom. The summed E-state index contributed by atoms with van der Waals surface area (Å²) in [4.78, 5) is 12.1. The van der Waals surface area contributed by atoms with E-state index in [1.807, 2.05) is 6.07 Å². The number of ether oxygens (including phenoxy) is 1. The van der Waals surface area contributed by atoms with Crippen LogP contribution in [0.1, 0.15) is 11.1 Å². The molecule has 4 nitrogen and oxygen atoms in total. The smallest absolute Gasteiger partial charge is 0.264 e. The summed E-state index contributed by atoms with van der Waals surface area (Å²) < 4.78 is 5.41. The lowest BCUT2D eigenvalue weighted by molar-refractivity contribution is -0.121. The van der Waals surface area contributed by atoms with Gasteiger partial charge in [-0.15, -0.1) is 0 Å². The number of halogens is 1. The van der Waals surface area contributed by atoms with Crippen LogP contribution in [-0.2, 0) is 11.2 Å². The molecule has 0 bridgehead atoms. The predicted molar refractivity (Wildman–Crippen MR) is 116 cm³/mol. The molecule has 0 saturated heterocycles. The first-order valence-corrected chi connectivity index (χ1v) is 9.58. The van der Waals surface area contributed by atoms with Gasteiger partial charge in [0.2, 0.25) is 0 Å². The number of hydrogen-bond donors (Lipinski definition) is 2. The highest BCUT2D eigenvalue weighted by Crippen LogP contribution is 2.37. The molecule has 0 atom stereocenters. The zero-order chi connectivity index (χ0) is 19.5. The maximum atomic E-state index is 12.1. The van der Waals surface area contributed by atoms with Gasteiger partial charge in [-0.1, -0.05) is 54.1 Å². The van der Waals surface area contributed by atoms with E-state index in [0.717, 1.165) is 12.1 Å². The van der Waals surface area contributed by atoms with Gasteiger partial charge in [0, 0.05) is 5.69 Å². The zero-order valence-corrected chi connectivity index (χ0v) is 16.4. The van der Waals surface area contributed by atoms with Crippen LogP contribution in [0, 0.1) is 0 Å². The van der Waals surface area contributed by atoms with E-state index in [4.69, 9.17) is 28.6 Å². The number of para-hydroxylation sites is 1. The topological polar surface area (TPSA) is 50.4 Å². The van der Waals surface area contributed by atoms with Gasteiger partial charge >= 0.3 is 0 Å². The number of nitrogens with one attached hydrogen (secondary N) is 2. The van der Waals surface area contributed by atoms with Crippen molar-refractivity contribution in [3.63, 3.8) is 0 Å². The van der Waals surface area contributed by atoms with E-state index in [1.165, 1.54) is 22.3 Å². The van der Waals surface area contributed by atoms with E-state index in [9.17, 15) is 4.79 Å². The number of fused-ring (bicyclic) bond motifs is 3. The van der Waals surface area contributed by atoms with Gasteiger partial charge in [0.05, 0.1) is 5.02 Å². The van der Waals surface area contributed by atoms with Crippen LogP contribution in [0.5, 0.6) is 5.75 Å². The van der Waals surface area contributed by atoms with Crippen molar-refractivity contribution in [3.05, 3.63) is 82.9 Å². The van der Waals surface area contributed by atoms with Crippen molar-refractivity contribution in [2.75, 3.05) is 11.9 Å². The Morgan fingerprint density at radius 3 is 2.61 bits per heavy atom. The van der Waals surface area contributed by atoms with E-state index in [2.05, 4.69) is 47.0 Å². The van der Waals surface area contributed by atoms with Crippen molar-refractivity contribution < 1.29 is 9.53 Å². The van der Waals surface area contributed by atoms with Crippen LogP contribution in [0.15, 0.2) is 66.7 Å². The number of rotatable bonds is 4. The fourth-order valence-electron chi connectivity index (χ4n) is 3.25. The molecule has 1 aliphatic carbocycles. The summed E-state index contributed by atoms with van der Waals surface area (Å²) in [7, 11) is 0. The molecule has 4 rings (SSSR count). The van der Waals surface area contributed by atoms with E-state index >= 15 is 0 Å². The minimum atomic E-state index is -0.356. The molecular weight excluding hydrogens is 392 g/mol. The Bertz CT molecular complexity index is 1070. The molecule has 3 aromatic rings. The largest absolute Gasteiger partial charge is 0.482 e. The molecule has 1 amide bonds. The summed E-state index contributed by atoms with van der Waals surface area (Å²) in [6.45, 7) is -0.176. The molecule has 0 aliphatic heterocycles. The average Bonchev–Trinajstić information content (AvgIpc) is 3.05. The lowest BCUT2D eigenvalue weighted by Gasteiger charge is -2.12. The van der Waals surface area contributed by atoms with E-state index < -0.39 is 0 Å². The number of thiocarbonyl (C=S) groups is 1. The maximum absolute atomic E-state index is 12.1. The lowest BCUT2D eigenvalue weighted by Crippen LogP contribution is -2.37. The van der Waals surface area contributed by atoms with Gasteiger partial charge in [-0.3, -0.25) is 10.1 Å². The summed E-state index contributed by atoms with van der Waals surface area (Å²) in [6, 6.07) is 21.5. The molecule has 0 aromatic heterocycles. The van der Waals surface area contributed by atoms with Crippen LogP contribution in [0.4, 0.5) is 5.69 Å². The van der Waals surface area contributed by atoms with Crippen LogP contribution < -0.4 is 15.4 Å². The lowest BCUT2D eigenvalue weighted by atomic mass is 10.1. The Labute approximate surface area is 173 Å². The first-order chi connectivity index (χ1) is 13.6. The standard InChI is InChI=1S/C22H17ClN2O2S/c23-19-7-3-4-8-20(19)27-13-21(26)25-22(28)24-16-9-10-18-15(12-16)11-14-5-1-2-6-17(14)18/h1-10,12H,11,13H2,(H2,24,25,26,28). The molecule has 0 saturated carbocycles. The summed E-state index contributed by atoms with van der Waals surface area (Å²) >= 11 is 11.2. The van der Waals surface area contributed by atoms with Crippen LogP contribution in [0.25, 0.3) is 11.1 Å². The monoisotopic (exact) mass is 408 g/mol. The molecule has 2 N–H and O–H groups in total. The quantitative estimate of drug-likeness (QED) is 0.476. The maximum Gasteiger partial charge on any atom is 0.264 e. The number of benzene rings is 3. The molecule has 140 valence electrons. The van der Waals surface area contributed by atoms with Crippen molar-refractivity contribution in [1.82, 2.24) is 5.32 Å². The van der Waals surface area contributed by atoms with Crippen LogP contribution >= 0.6 is 23.8 Å². The van der Waals surface area contributed by atoms with Crippen LogP contribution in [0.2, 0.25) is 5.02 Å². The highest BCUT2D eigenvalue weighted by molar-refractivity contribution is 7.80. The van der Waals surface area contributed by atoms with Gasteiger partial charge in [0.25, 0.3) is 5.91 Å². The van der Waals surface area contributed by atoms with E-state index in [0.29, 0.717) is 10.8 Å². The number of hydrogen-bond acceptors (Lipinski definition) is 3. The third-order valence-corrected chi connectivity index (χ3v) is 5.02. The van der Waals surface area contributed by atoms with Gasteiger partial charge < -0.3 is 10.1 Å². The highest BCUT2D eigenvalue weighted by Gasteiger charge is 2.18. The molecule has 28 heavy (non-hydrogen) atoms. The summed E-state index contributed by atoms with van der Waals surface area (Å²) in [5.74, 6) is 0.0994. The summed E-state index contributed by atoms with van der Waals surface area (Å²) in [5, 5.41) is 6.35. The second-order valence-electron chi connectivity index (χ2n) is 6.43. The Hall–Kier alpha value is -2.89.